The molecule has 0 saturated heterocycles. The minimum atomic E-state index is -0.406. The molecule has 4 aromatic rings. The van der Waals surface area contributed by atoms with Crippen molar-refractivity contribution < 1.29 is 4.79 Å². The third-order valence-electron chi connectivity index (χ3n) is 5.04. The smallest absolute Gasteiger partial charge is 0.275 e. The summed E-state index contributed by atoms with van der Waals surface area (Å²) in [6.07, 6.45) is 6.02. The van der Waals surface area contributed by atoms with E-state index in [0.717, 1.165) is 23.7 Å². The van der Waals surface area contributed by atoms with Crippen molar-refractivity contribution in [2.45, 2.75) is 26.8 Å². The van der Waals surface area contributed by atoms with Crippen molar-refractivity contribution in [3.8, 4) is 28.6 Å². The van der Waals surface area contributed by atoms with Gasteiger partial charge in [-0.3, -0.25) is 19.5 Å². The van der Waals surface area contributed by atoms with Crippen LogP contribution in [0.25, 0.3) is 28.0 Å². The fourth-order valence-corrected chi connectivity index (χ4v) is 3.54. The molecule has 4 rings (SSSR count). The number of fused-ring (bicyclic) bond motifs is 1. The molecule has 0 unspecified atom stereocenters. The number of rotatable bonds is 6. The number of hydrogen-bond donors (Lipinski definition) is 1. The van der Waals surface area contributed by atoms with Crippen LogP contribution in [0.5, 0.6) is 0 Å². The highest BCUT2D eigenvalue weighted by atomic mass is 16.2. The van der Waals surface area contributed by atoms with Gasteiger partial charge in [0.25, 0.3) is 5.91 Å². The van der Waals surface area contributed by atoms with Crippen molar-refractivity contribution in [1.29, 1.82) is 5.26 Å². The summed E-state index contributed by atoms with van der Waals surface area (Å²) in [5, 5.41) is 19.5. The molecule has 9 heteroatoms. The summed E-state index contributed by atoms with van der Waals surface area (Å²) >= 11 is 0. The zero-order valence-electron chi connectivity index (χ0n) is 17.4. The average molecular weight is 414 g/mol. The number of carbonyl (C=O) groups excluding carboxylic acids is 1. The van der Waals surface area contributed by atoms with E-state index >= 15 is 0 Å². The first-order chi connectivity index (χ1) is 15.1. The van der Waals surface area contributed by atoms with Gasteiger partial charge in [0.2, 0.25) is 0 Å². The Morgan fingerprint density at radius 3 is 2.81 bits per heavy atom. The first kappa shape index (κ1) is 20.3. The van der Waals surface area contributed by atoms with Crippen LogP contribution in [0, 0.1) is 11.3 Å². The summed E-state index contributed by atoms with van der Waals surface area (Å²) in [5.41, 5.74) is 4.17. The zero-order valence-corrected chi connectivity index (χ0v) is 17.4. The number of aryl methyl sites for hydroxylation is 1. The second-order valence-corrected chi connectivity index (χ2v) is 7.04. The number of nitrogens with zero attached hydrogens (tertiary/aromatic N) is 7. The van der Waals surface area contributed by atoms with Gasteiger partial charge in [-0.2, -0.15) is 15.5 Å². The molecule has 0 aliphatic carbocycles. The maximum absolute atomic E-state index is 13.1. The monoisotopic (exact) mass is 414 g/mol. The van der Waals surface area contributed by atoms with Crippen LogP contribution in [0.2, 0.25) is 0 Å². The van der Waals surface area contributed by atoms with E-state index < -0.39 is 5.91 Å². The molecule has 0 spiro atoms. The minimum absolute atomic E-state index is 0.204. The molecule has 2 N–H and O–H groups in total. The van der Waals surface area contributed by atoms with E-state index in [1.807, 2.05) is 16.8 Å². The predicted octanol–water partition coefficient (Wildman–Crippen LogP) is 2.88. The van der Waals surface area contributed by atoms with E-state index in [1.54, 1.807) is 48.2 Å². The van der Waals surface area contributed by atoms with Gasteiger partial charge in [-0.1, -0.05) is 19.1 Å². The Morgan fingerprint density at radius 1 is 1.23 bits per heavy atom. The highest BCUT2D eigenvalue weighted by Crippen LogP contribution is 2.32. The van der Waals surface area contributed by atoms with Gasteiger partial charge < -0.3 is 0 Å². The lowest BCUT2D eigenvalue weighted by atomic mass is 10.0. The van der Waals surface area contributed by atoms with Gasteiger partial charge in [0.1, 0.15) is 5.69 Å². The van der Waals surface area contributed by atoms with Crippen LogP contribution >= 0.6 is 0 Å². The van der Waals surface area contributed by atoms with Gasteiger partial charge in [0.05, 0.1) is 35.2 Å². The SMILES string of the molecule is CCCn1nccc1-c1cncc2c(-c3cccc(C#N)c3)c(C(=O)N(N)CC)nn12. The minimum Gasteiger partial charge on any atom is -0.275 e. The number of nitrogens with two attached hydrogens (primary N) is 1. The van der Waals surface area contributed by atoms with E-state index in [0.29, 0.717) is 34.4 Å². The quantitative estimate of drug-likeness (QED) is 0.294. The van der Waals surface area contributed by atoms with Crippen LogP contribution in [0.4, 0.5) is 0 Å². The number of carbonyl (C=O) groups is 1. The Bertz CT molecular complexity index is 1300. The fourth-order valence-electron chi connectivity index (χ4n) is 3.54. The summed E-state index contributed by atoms with van der Waals surface area (Å²) in [6, 6.07) is 11.1. The molecule has 0 radical (unpaired) electrons. The van der Waals surface area contributed by atoms with Gasteiger partial charge in [0.15, 0.2) is 5.69 Å². The number of hydrogen-bond acceptors (Lipinski definition) is 6. The molecule has 0 aliphatic rings. The summed E-state index contributed by atoms with van der Waals surface area (Å²) in [6.45, 7) is 4.95. The van der Waals surface area contributed by atoms with E-state index in [1.165, 1.54) is 0 Å². The highest BCUT2D eigenvalue weighted by molar-refractivity contribution is 6.03. The van der Waals surface area contributed by atoms with Crippen LogP contribution in [-0.2, 0) is 6.54 Å². The van der Waals surface area contributed by atoms with E-state index in [4.69, 9.17) is 5.84 Å². The van der Waals surface area contributed by atoms with Crippen LogP contribution in [0.3, 0.4) is 0 Å². The topological polar surface area (TPSA) is 118 Å². The summed E-state index contributed by atoms with van der Waals surface area (Å²) in [5.74, 6) is 5.52. The van der Waals surface area contributed by atoms with Crippen LogP contribution in [0.1, 0.15) is 36.3 Å². The molecular weight excluding hydrogens is 392 g/mol. The Balaban J connectivity index is 2.02. The van der Waals surface area contributed by atoms with Crippen LogP contribution in [0.15, 0.2) is 48.9 Å². The lowest BCUT2D eigenvalue weighted by molar-refractivity contribution is 0.0759. The first-order valence-corrected chi connectivity index (χ1v) is 10.0. The maximum atomic E-state index is 13.1. The van der Waals surface area contributed by atoms with E-state index in [9.17, 15) is 10.1 Å². The summed E-state index contributed by atoms with van der Waals surface area (Å²) < 4.78 is 3.58. The van der Waals surface area contributed by atoms with Crippen LogP contribution in [-0.4, -0.2) is 41.8 Å². The Morgan fingerprint density at radius 2 is 2.06 bits per heavy atom. The van der Waals surface area contributed by atoms with Gasteiger partial charge in [0, 0.05) is 24.8 Å². The third-order valence-corrected chi connectivity index (χ3v) is 5.04. The Labute approximate surface area is 179 Å². The molecule has 3 aromatic heterocycles. The number of aromatic nitrogens is 5. The van der Waals surface area contributed by atoms with Crippen LogP contribution < -0.4 is 5.84 Å². The molecular formula is C22H22N8O. The molecule has 3 heterocycles. The van der Waals surface area contributed by atoms with Crippen molar-refractivity contribution >= 4 is 11.4 Å². The van der Waals surface area contributed by atoms with Crippen molar-refractivity contribution in [2.75, 3.05) is 6.54 Å². The zero-order chi connectivity index (χ0) is 22.0. The number of hydrazine groups is 1. The Hall–Kier alpha value is -4.03. The van der Waals surface area contributed by atoms with Crippen molar-refractivity contribution in [2.24, 2.45) is 5.84 Å². The van der Waals surface area contributed by atoms with Gasteiger partial charge in [-0.15, -0.1) is 0 Å². The normalized spacial score (nSPS) is 10.9. The predicted molar refractivity (Wildman–Crippen MR) is 116 cm³/mol. The van der Waals surface area contributed by atoms with E-state index in [-0.39, 0.29) is 5.69 Å². The molecule has 0 atom stereocenters. The molecule has 31 heavy (non-hydrogen) atoms. The second-order valence-electron chi connectivity index (χ2n) is 7.04. The standard InChI is InChI=1S/C22H22N8O/c1-3-10-29-17(8-9-26-29)18-13-25-14-19-20(16-7-5-6-15(11-16)12-23)21(27-30(18)19)22(31)28(24)4-2/h5-9,11,13-14H,3-4,10,24H2,1-2H3. The lowest BCUT2D eigenvalue weighted by Gasteiger charge is -2.13. The molecule has 156 valence electrons. The molecule has 0 bridgehead atoms. The average Bonchev–Trinajstić information content (AvgIpc) is 3.42. The van der Waals surface area contributed by atoms with E-state index in [2.05, 4.69) is 28.2 Å². The molecule has 1 aromatic carbocycles. The lowest BCUT2D eigenvalue weighted by Crippen LogP contribution is -2.37. The number of benzene rings is 1. The molecule has 9 nitrogen and oxygen atoms in total. The van der Waals surface area contributed by atoms with Gasteiger partial charge in [-0.05, 0) is 37.1 Å². The van der Waals surface area contributed by atoms with Crippen molar-refractivity contribution in [1.82, 2.24) is 29.4 Å². The second kappa shape index (κ2) is 8.38. The molecule has 0 aliphatic heterocycles. The maximum Gasteiger partial charge on any atom is 0.288 e. The molecule has 0 saturated carbocycles. The molecule has 0 fully saturated rings. The summed E-state index contributed by atoms with van der Waals surface area (Å²) in [7, 11) is 0. The first-order valence-electron chi connectivity index (χ1n) is 10.0. The third kappa shape index (κ3) is 3.53. The van der Waals surface area contributed by atoms with Gasteiger partial charge in [-0.25, -0.2) is 10.4 Å². The summed E-state index contributed by atoms with van der Waals surface area (Å²) in [4.78, 5) is 17.5. The number of nitriles is 1. The fraction of sp³-hybridized carbons (Fsp3) is 0.227. The highest BCUT2D eigenvalue weighted by Gasteiger charge is 2.25. The number of amides is 1. The molecule has 1 amide bonds. The van der Waals surface area contributed by atoms with Crippen molar-refractivity contribution in [3.63, 3.8) is 0 Å². The largest absolute Gasteiger partial charge is 0.288 e. The Kier molecular flexibility index (Phi) is 5.47. The van der Waals surface area contributed by atoms with Gasteiger partial charge >= 0.3 is 0 Å². The van der Waals surface area contributed by atoms with Crippen molar-refractivity contribution in [3.05, 3.63) is 60.2 Å².